The molecule has 0 saturated heterocycles. The maximum atomic E-state index is 13.1. The Kier molecular flexibility index (Phi) is 11.1. The van der Waals surface area contributed by atoms with Crippen molar-refractivity contribution < 1.29 is 24.2 Å². The molecule has 2 aromatic rings. The lowest BCUT2D eigenvalue weighted by atomic mass is 9.86. The van der Waals surface area contributed by atoms with Crippen molar-refractivity contribution in [3.63, 3.8) is 0 Å². The molecular weight excluding hydrogens is 458 g/mol. The lowest BCUT2D eigenvalue weighted by Crippen LogP contribution is -2.54. The number of carbonyl (C=O) groups excluding carboxylic acids is 3. The van der Waals surface area contributed by atoms with Crippen LogP contribution in [0.1, 0.15) is 44.7 Å². The van der Waals surface area contributed by atoms with Crippen molar-refractivity contribution in [3.8, 4) is 0 Å². The van der Waals surface area contributed by atoms with Crippen LogP contribution in [0.2, 0.25) is 0 Å². The van der Waals surface area contributed by atoms with Crippen molar-refractivity contribution in [1.82, 2.24) is 10.6 Å². The van der Waals surface area contributed by atoms with Crippen LogP contribution in [-0.4, -0.2) is 53.7 Å². The van der Waals surface area contributed by atoms with Crippen LogP contribution >= 0.6 is 0 Å². The lowest BCUT2D eigenvalue weighted by Gasteiger charge is -2.31. The van der Waals surface area contributed by atoms with Gasteiger partial charge in [0.1, 0.15) is 12.1 Å². The lowest BCUT2D eigenvalue weighted by molar-refractivity contribution is -0.146. The van der Waals surface area contributed by atoms with Crippen molar-refractivity contribution in [2.24, 2.45) is 11.7 Å². The van der Waals surface area contributed by atoms with Gasteiger partial charge >= 0.3 is 5.97 Å². The second-order valence-corrected chi connectivity index (χ2v) is 9.79. The van der Waals surface area contributed by atoms with Gasteiger partial charge in [-0.2, -0.15) is 0 Å². The molecule has 2 amide bonds. The van der Waals surface area contributed by atoms with Crippen LogP contribution in [0.3, 0.4) is 0 Å². The molecule has 2 rings (SSSR count). The number of hydrogen-bond acceptors (Lipinski definition) is 6. The van der Waals surface area contributed by atoms with Gasteiger partial charge in [-0.15, -0.1) is 0 Å². The average molecular weight is 498 g/mol. The molecule has 8 heteroatoms. The van der Waals surface area contributed by atoms with Crippen LogP contribution in [0.25, 0.3) is 0 Å². The Morgan fingerprint density at radius 3 is 2.06 bits per heavy atom. The quantitative estimate of drug-likeness (QED) is 0.314. The number of amides is 2. The zero-order valence-electron chi connectivity index (χ0n) is 21.6. The van der Waals surface area contributed by atoms with E-state index in [9.17, 15) is 19.5 Å². The van der Waals surface area contributed by atoms with Crippen LogP contribution in [-0.2, 0) is 32.0 Å². The van der Waals surface area contributed by atoms with Gasteiger partial charge in [0, 0.05) is 18.4 Å². The van der Waals surface area contributed by atoms with Gasteiger partial charge in [0.25, 0.3) is 0 Å². The summed E-state index contributed by atoms with van der Waals surface area (Å²) in [4.78, 5) is 38.1. The Morgan fingerprint density at radius 1 is 0.972 bits per heavy atom. The summed E-state index contributed by atoms with van der Waals surface area (Å²) in [5, 5.41) is 16.2. The molecule has 2 aromatic carbocycles. The summed E-state index contributed by atoms with van der Waals surface area (Å²) in [5.41, 5.74) is 7.29. The highest BCUT2D eigenvalue weighted by molar-refractivity contribution is 5.91. The zero-order valence-corrected chi connectivity index (χ0v) is 21.6. The van der Waals surface area contributed by atoms with E-state index in [0.29, 0.717) is 6.42 Å². The van der Waals surface area contributed by atoms with Crippen molar-refractivity contribution in [3.05, 3.63) is 71.8 Å². The number of rotatable bonds is 13. The van der Waals surface area contributed by atoms with Crippen LogP contribution in [0.5, 0.6) is 0 Å². The Hall–Kier alpha value is -3.23. The SMILES string of the molecule is COC(=O)[C@@H](NC(=O)[C@H](Cc1ccccc1)NC(=O)CC[C@H](O)C(C)(N)Cc1ccccc1)C(C)C. The van der Waals surface area contributed by atoms with E-state index >= 15 is 0 Å². The largest absolute Gasteiger partial charge is 0.467 e. The van der Waals surface area contributed by atoms with Crippen molar-refractivity contribution in [2.75, 3.05) is 7.11 Å². The highest BCUT2D eigenvalue weighted by atomic mass is 16.5. The normalized spacial score (nSPS) is 15.3. The molecule has 0 aliphatic heterocycles. The number of aliphatic hydroxyl groups excluding tert-OH is 1. The molecule has 0 bridgehead atoms. The molecule has 5 N–H and O–H groups in total. The second-order valence-electron chi connectivity index (χ2n) is 9.79. The molecule has 1 unspecified atom stereocenters. The van der Waals surface area contributed by atoms with E-state index in [1.54, 1.807) is 20.8 Å². The highest BCUT2D eigenvalue weighted by Gasteiger charge is 2.31. The molecule has 0 spiro atoms. The first-order valence-corrected chi connectivity index (χ1v) is 12.3. The Bertz CT molecular complexity index is 979. The van der Waals surface area contributed by atoms with Crippen molar-refractivity contribution >= 4 is 17.8 Å². The van der Waals surface area contributed by atoms with Gasteiger partial charge in [-0.1, -0.05) is 74.5 Å². The van der Waals surface area contributed by atoms with Crippen LogP contribution < -0.4 is 16.4 Å². The number of ether oxygens (including phenoxy) is 1. The fourth-order valence-corrected chi connectivity index (χ4v) is 3.96. The highest BCUT2D eigenvalue weighted by Crippen LogP contribution is 2.18. The number of aliphatic hydroxyl groups is 1. The Morgan fingerprint density at radius 2 is 1.53 bits per heavy atom. The fraction of sp³-hybridized carbons (Fsp3) is 0.464. The number of esters is 1. The Balaban J connectivity index is 2.04. The number of carbonyl (C=O) groups is 3. The van der Waals surface area contributed by atoms with E-state index in [4.69, 9.17) is 10.5 Å². The molecule has 0 aromatic heterocycles. The Labute approximate surface area is 213 Å². The molecule has 0 radical (unpaired) electrons. The first kappa shape index (κ1) is 29.0. The minimum Gasteiger partial charge on any atom is -0.467 e. The van der Waals surface area contributed by atoms with E-state index in [1.807, 2.05) is 60.7 Å². The van der Waals surface area contributed by atoms with Gasteiger partial charge in [-0.25, -0.2) is 4.79 Å². The maximum absolute atomic E-state index is 13.1. The van der Waals surface area contributed by atoms with Gasteiger partial charge < -0.3 is 26.2 Å². The van der Waals surface area contributed by atoms with Gasteiger partial charge in [-0.3, -0.25) is 9.59 Å². The molecular formula is C28H39N3O5. The number of benzene rings is 2. The summed E-state index contributed by atoms with van der Waals surface area (Å²) >= 11 is 0. The molecule has 4 atom stereocenters. The minimum absolute atomic E-state index is 0.00801. The van der Waals surface area contributed by atoms with Crippen LogP contribution in [0.15, 0.2) is 60.7 Å². The van der Waals surface area contributed by atoms with Gasteiger partial charge in [0.05, 0.1) is 13.2 Å². The fourth-order valence-electron chi connectivity index (χ4n) is 3.96. The van der Waals surface area contributed by atoms with E-state index < -0.39 is 35.6 Å². The topological polar surface area (TPSA) is 131 Å². The summed E-state index contributed by atoms with van der Waals surface area (Å²) < 4.78 is 4.81. The standard InChI is InChI=1S/C28H39N3O5/c1-19(2)25(27(35)36-4)31-26(34)22(17-20-11-7-5-8-12-20)30-24(33)16-15-23(32)28(3,29)18-21-13-9-6-10-14-21/h5-14,19,22-23,25,32H,15-18,29H2,1-4H3,(H,30,33)(H,31,34)/t22-,23-,25-,28?/m0/s1. The predicted molar refractivity (Wildman–Crippen MR) is 139 cm³/mol. The van der Waals surface area contributed by atoms with Crippen LogP contribution in [0, 0.1) is 5.92 Å². The first-order chi connectivity index (χ1) is 17.0. The molecule has 0 heterocycles. The number of hydrogen-bond donors (Lipinski definition) is 4. The summed E-state index contributed by atoms with van der Waals surface area (Å²) in [6.45, 7) is 5.35. The van der Waals surface area contributed by atoms with Crippen LogP contribution in [0.4, 0.5) is 0 Å². The van der Waals surface area contributed by atoms with Gasteiger partial charge in [0.2, 0.25) is 11.8 Å². The van der Waals surface area contributed by atoms with Gasteiger partial charge in [-0.05, 0) is 36.8 Å². The van der Waals surface area contributed by atoms with E-state index in [1.165, 1.54) is 7.11 Å². The second kappa shape index (κ2) is 13.8. The third-order valence-corrected chi connectivity index (χ3v) is 6.19. The summed E-state index contributed by atoms with van der Waals surface area (Å²) in [5.74, 6) is -1.62. The van der Waals surface area contributed by atoms with E-state index in [2.05, 4.69) is 10.6 Å². The number of nitrogens with one attached hydrogen (secondary N) is 2. The molecule has 0 fully saturated rings. The van der Waals surface area contributed by atoms with E-state index in [-0.39, 0.29) is 31.1 Å². The summed E-state index contributed by atoms with van der Waals surface area (Å²) in [7, 11) is 1.27. The summed E-state index contributed by atoms with van der Waals surface area (Å²) in [6.07, 6.45) is -0.0851. The smallest absolute Gasteiger partial charge is 0.328 e. The molecule has 0 aliphatic rings. The average Bonchev–Trinajstić information content (AvgIpc) is 2.85. The van der Waals surface area contributed by atoms with E-state index in [0.717, 1.165) is 11.1 Å². The third-order valence-electron chi connectivity index (χ3n) is 6.19. The first-order valence-electron chi connectivity index (χ1n) is 12.3. The monoisotopic (exact) mass is 497 g/mol. The predicted octanol–water partition coefficient (Wildman–Crippen LogP) is 2.13. The number of nitrogens with two attached hydrogens (primary N) is 1. The molecule has 0 aliphatic carbocycles. The third kappa shape index (κ3) is 9.09. The summed E-state index contributed by atoms with van der Waals surface area (Å²) in [6, 6.07) is 17.2. The van der Waals surface area contributed by atoms with Crippen molar-refractivity contribution in [2.45, 2.75) is 70.2 Å². The minimum atomic E-state index is -0.923. The number of methoxy groups -OCH3 is 1. The maximum Gasteiger partial charge on any atom is 0.328 e. The zero-order chi connectivity index (χ0) is 26.7. The molecule has 36 heavy (non-hydrogen) atoms. The molecule has 8 nitrogen and oxygen atoms in total. The van der Waals surface area contributed by atoms with Gasteiger partial charge in [0.15, 0.2) is 0 Å². The molecule has 0 saturated carbocycles. The van der Waals surface area contributed by atoms with Crippen molar-refractivity contribution in [1.29, 1.82) is 0 Å². The molecule has 196 valence electrons.